The summed E-state index contributed by atoms with van der Waals surface area (Å²) in [6.07, 6.45) is 0.749. The van der Waals surface area contributed by atoms with Gasteiger partial charge in [0, 0.05) is 11.1 Å². The number of pyridine rings is 1. The first-order valence-corrected chi connectivity index (χ1v) is 5.73. The molecule has 0 unspecified atom stereocenters. The number of nitrogens with two attached hydrogens (primary N) is 1. The van der Waals surface area contributed by atoms with Crippen molar-refractivity contribution in [1.29, 1.82) is 0 Å². The summed E-state index contributed by atoms with van der Waals surface area (Å²) in [4.78, 5) is 4.50. The van der Waals surface area contributed by atoms with Crippen molar-refractivity contribution < 1.29 is 5.11 Å². The molecule has 1 heterocycles. The molecule has 3 N–H and O–H groups in total. The number of anilines is 1. The third-order valence-electron chi connectivity index (χ3n) is 2.59. The monoisotopic (exact) mass is 230 g/mol. The van der Waals surface area contributed by atoms with E-state index >= 15 is 0 Å². The summed E-state index contributed by atoms with van der Waals surface area (Å²) in [5.74, 6) is 0.248. The van der Waals surface area contributed by atoms with Gasteiger partial charge in [0.15, 0.2) is 0 Å². The Morgan fingerprint density at radius 1 is 1.24 bits per heavy atom. The van der Waals surface area contributed by atoms with Gasteiger partial charge in [-0.3, -0.25) is 0 Å². The predicted molar refractivity (Wildman–Crippen MR) is 71.0 cm³/mol. The molecule has 0 saturated heterocycles. The van der Waals surface area contributed by atoms with Crippen LogP contribution in [0.3, 0.4) is 0 Å². The molecule has 0 aliphatic carbocycles. The van der Waals surface area contributed by atoms with E-state index < -0.39 is 0 Å². The fourth-order valence-corrected chi connectivity index (χ4v) is 1.86. The molecule has 0 atom stereocenters. The number of benzene rings is 1. The van der Waals surface area contributed by atoms with E-state index in [1.807, 2.05) is 18.2 Å². The Morgan fingerprint density at radius 2 is 1.94 bits per heavy atom. The molecule has 0 bridgehead atoms. The summed E-state index contributed by atoms with van der Waals surface area (Å²) < 4.78 is 0. The number of hydrogen-bond acceptors (Lipinski definition) is 3. The normalized spacial score (nSPS) is 11.9. The Hall–Kier alpha value is -1.77. The lowest BCUT2D eigenvalue weighted by Crippen LogP contribution is -2.10. The number of hydrogen-bond donors (Lipinski definition) is 2. The Bertz CT molecular complexity index is 556. The van der Waals surface area contributed by atoms with E-state index in [0.29, 0.717) is 5.69 Å². The lowest BCUT2D eigenvalue weighted by Gasteiger charge is -2.18. The van der Waals surface area contributed by atoms with Gasteiger partial charge in [0.2, 0.25) is 0 Å². The van der Waals surface area contributed by atoms with Crippen molar-refractivity contribution in [1.82, 2.24) is 4.98 Å². The molecule has 0 fully saturated rings. The number of rotatable bonds is 1. The maximum atomic E-state index is 9.96. The van der Waals surface area contributed by atoms with E-state index in [4.69, 9.17) is 5.73 Å². The van der Waals surface area contributed by atoms with Crippen LogP contribution < -0.4 is 5.73 Å². The van der Waals surface area contributed by atoms with Crippen LogP contribution in [0, 0.1) is 5.41 Å². The zero-order chi connectivity index (χ0) is 12.6. The smallest absolute Gasteiger partial charge is 0.137 e. The fourth-order valence-electron chi connectivity index (χ4n) is 1.86. The van der Waals surface area contributed by atoms with Crippen LogP contribution in [0.5, 0.6) is 5.75 Å². The van der Waals surface area contributed by atoms with Gasteiger partial charge < -0.3 is 10.8 Å². The number of aromatic hydroxyl groups is 1. The summed E-state index contributed by atoms with van der Waals surface area (Å²) in [5.41, 5.74) is 8.11. The number of nitrogen functional groups attached to an aromatic ring is 1. The molecular weight excluding hydrogens is 212 g/mol. The minimum absolute atomic E-state index is 0.103. The molecule has 3 heteroatoms. The van der Waals surface area contributed by atoms with E-state index in [1.165, 1.54) is 0 Å². The van der Waals surface area contributed by atoms with Gasteiger partial charge in [-0.1, -0.05) is 20.8 Å². The minimum atomic E-state index is 0.103. The van der Waals surface area contributed by atoms with Gasteiger partial charge in [0.05, 0.1) is 11.2 Å². The molecule has 1 aromatic carbocycles. The third kappa shape index (κ3) is 2.67. The topological polar surface area (TPSA) is 59.1 Å². The molecule has 0 aliphatic heterocycles. The molecule has 0 spiro atoms. The molecule has 17 heavy (non-hydrogen) atoms. The van der Waals surface area contributed by atoms with Crippen molar-refractivity contribution in [2.45, 2.75) is 27.2 Å². The molecule has 1 aromatic heterocycles. The Morgan fingerprint density at radius 3 is 2.59 bits per heavy atom. The SMILES string of the molecule is CC(C)(C)Cc1nc2ccc(N)cc2cc1O. The second-order valence-electron chi connectivity index (χ2n) is 5.64. The van der Waals surface area contributed by atoms with Crippen LogP contribution in [-0.2, 0) is 6.42 Å². The minimum Gasteiger partial charge on any atom is -0.506 e. The summed E-state index contributed by atoms with van der Waals surface area (Å²) in [5, 5.41) is 10.8. The molecule has 0 aliphatic rings. The highest BCUT2D eigenvalue weighted by Gasteiger charge is 2.16. The van der Waals surface area contributed by atoms with Crippen LogP contribution in [0.25, 0.3) is 10.9 Å². The van der Waals surface area contributed by atoms with E-state index in [9.17, 15) is 5.11 Å². The van der Waals surface area contributed by atoms with Crippen molar-refractivity contribution in [3.05, 3.63) is 30.0 Å². The first-order chi connectivity index (χ1) is 7.85. The lowest BCUT2D eigenvalue weighted by atomic mass is 9.90. The van der Waals surface area contributed by atoms with Crippen molar-refractivity contribution in [3.63, 3.8) is 0 Å². The van der Waals surface area contributed by atoms with E-state index in [0.717, 1.165) is 23.0 Å². The maximum absolute atomic E-state index is 9.96. The van der Waals surface area contributed by atoms with Crippen LogP contribution >= 0.6 is 0 Å². The van der Waals surface area contributed by atoms with Crippen molar-refractivity contribution in [2.75, 3.05) is 5.73 Å². The van der Waals surface area contributed by atoms with Gasteiger partial charge in [-0.05, 0) is 36.1 Å². The summed E-state index contributed by atoms with van der Waals surface area (Å²) in [7, 11) is 0. The van der Waals surface area contributed by atoms with Gasteiger partial charge >= 0.3 is 0 Å². The van der Waals surface area contributed by atoms with Crippen molar-refractivity contribution in [2.24, 2.45) is 5.41 Å². The second-order valence-corrected chi connectivity index (χ2v) is 5.64. The van der Waals surface area contributed by atoms with Crippen LogP contribution in [0.4, 0.5) is 5.69 Å². The van der Waals surface area contributed by atoms with E-state index in [1.54, 1.807) is 6.07 Å². The largest absolute Gasteiger partial charge is 0.506 e. The van der Waals surface area contributed by atoms with E-state index in [2.05, 4.69) is 25.8 Å². The van der Waals surface area contributed by atoms with E-state index in [-0.39, 0.29) is 11.2 Å². The van der Waals surface area contributed by atoms with Gasteiger partial charge in [-0.2, -0.15) is 0 Å². The highest BCUT2D eigenvalue weighted by molar-refractivity contribution is 5.83. The van der Waals surface area contributed by atoms with Crippen LogP contribution in [0.1, 0.15) is 26.5 Å². The average molecular weight is 230 g/mol. The zero-order valence-corrected chi connectivity index (χ0v) is 10.5. The number of fused-ring (bicyclic) bond motifs is 1. The highest BCUT2D eigenvalue weighted by atomic mass is 16.3. The number of nitrogens with zero attached hydrogens (tertiary/aromatic N) is 1. The molecule has 90 valence electrons. The van der Waals surface area contributed by atoms with Gasteiger partial charge in [-0.25, -0.2) is 4.98 Å². The molecule has 3 nitrogen and oxygen atoms in total. The molecule has 0 radical (unpaired) electrons. The lowest BCUT2D eigenvalue weighted by molar-refractivity contribution is 0.389. The molecular formula is C14H18N2O. The summed E-state index contributed by atoms with van der Waals surface area (Å²) >= 11 is 0. The van der Waals surface area contributed by atoms with Crippen LogP contribution in [0.15, 0.2) is 24.3 Å². The second kappa shape index (κ2) is 3.91. The van der Waals surface area contributed by atoms with Crippen molar-refractivity contribution in [3.8, 4) is 5.75 Å². The quantitative estimate of drug-likeness (QED) is 0.740. The zero-order valence-electron chi connectivity index (χ0n) is 10.5. The first-order valence-electron chi connectivity index (χ1n) is 5.73. The highest BCUT2D eigenvalue weighted by Crippen LogP contribution is 2.28. The van der Waals surface area contributed by atoms with Crippen molar-refractivity contribution >= 4 is 16.6 Å². The third-order valence-corrected chi connectivity index (χ3v) is 2.59. The summed E-state index contributed by atoms with van der Waals surface area (Å²) in [6, 6.07) is 7.27. The average Bonchev–Trinajstić information content (AvgIpc) is 2.17. The maximum Gasteiger partial charge on any atom is 0.137 e. The summed E-state index contributed by atoms with van der Waals surface area (Å²) in [6.45, 7) is 6.38. The standard InChI is InChI=1S/C14H18N2O/c1-14(2,3)8-12-13(17)7-9-6-10(15)4-5-11(9)16-12/h4-7,17H,8,15H2,1-3H3. The molecule has 0 saturated carbocycles. The Kier molecular flexibility index (Phi) is 2.69. The van der Waals surface area contributed by atoms with Crippen LogP contribution in [-0.4, -0.2) is 10.1 Å². The number of aromatic nitrogens is 1. The van der Waals surface area contributed by atoms with Crippen LogP contribution in [0.2, 0.25) is 0 Å². The van der Waals surface area contributed by atoms with Gasteiger partial charge in [-0.15, -0.1) is 0 Å². The Labute approximate surface area is 101 Å². The molecule has 2 aromatic rings. The predicted octanol–water partition coefficient (Wildman–Crippen LogP) is 3.11. The molecule has 2 rings (SSSR count). The molecule has 0 amide bonds. The van der Waals surface area contributed by atoms with Gasteiger partial charge in [0.25, 0.3) is 0 Å². The van der Waals surface area contributed by atoms with Gasteiger partial charge in [0.1, 0.15) is 5.75 Å². The Balaban J connectivity index is 2.52. The fraction of sp³-hybridized carbons (Fsp3) is 0.357. The first kappa shape index (κ1) is 11.7.